The molecule has 2 bridgehead atoms. The molecular weight excluding hydrogens is 160 g/mol. The zero-order valence-electron chi connectivity index (χ0n) is 7.44. The summed E-state index contributed by atoms with van der Waals surface area (Å²) in [6, 6.07) is 5.91. The molecule has 0 heterocycles. The molecule has 2 N–H and O–H groups in total. The second-order valence-electron chi connectivity index (χ2n) is 2.97. The number of benzene rings is 1. The lowest BCUT2D eigenvalue weighted by atomic mass is 10.1. The first kappa shape index (κ1) is 7.88. The van der Waals surface area contributed by atoms with Gasteiger partial charge < -0.3 is 10.7 Å². The zero-order chi connectivity index (χ0) is 9.26. The van der Waals surface area contributed by atoms with Crippen LogP contribution in [0.1, 0.15) is 17.5 Å². The molecular formula is C11H10N2. The van der Waals surface area contributed by atoms with Crippen molar-refractivity contribution in [2.75, 3.05) is 12.4 Å². The summed E-state index contributed by atoms with van der Waals surface area (Å²) in [5.74, 6) is 5.97. The highest BCUT2D eigenvalue weighted by Crippen LogP contribution is 2.19. The topological polar surface area (TPSA) is 35.9 Å². The first-order valence-electron chi connectivity index (χ1n) is 4.20. The zero-order valence-corrected chi connectivity index (χ0v) is 7.44. The smallest absolute Gasteiger partial charge is 0.0526 e. The molecule has 0 amide bonds. The van der Waals surface area contributed by atoms with E-state index in [2.05, 4.69) is 17.2 Å². The SMILES string of the molecule is CNc1ccc2cc1C(=N)CC#C2. The highest BCUT2D eigenvalue weighted by Gasteiger charge is 2.08. The van der Waals surface area contributed by atoms with Crippen LogP contribution in [-0.2, 0) is 0 Å². The maximum absolute atomic E-state index is 7.76. The van der Waals surface area contributed by atoms with E-state index in [9.17, 15) is 0 Å². The molecule has 0 saturated heterocycles. The Morgan fingerprint density at radius 1 is 1.46 bits per heavy atom. The molecule has 0 unspecified atom stereocenters. The Hall–Kier alpha value is -1.75. The summed E-state index contributed by atoms with van der Waals surface area (Å²) in [7, 11) is 1.87. The summed E-state index contributed by atoms with van der Waals surface area (Å²) in [4.78, 5) is 0. The molecule has 0 spiro atoms. The van der Waals surface area contributed by atoms with E-state index in [4.69, 9.17) is 5.41 Å². The van der Waals surface area contributed by atoms with E-state index in [1.54, 1.807) is 0 Å². The Bertz CT molecular complexity index is 421. The minimum atomic E-state index is 0.544. The summed E-state index contributed by atoms with van der Waals surface area (Å²) in [6.45, 7) is 0. The minimum absolute atomic E-state index is 0.544. The summed E-state index contributed by atoms with van der Waals surface area (Å²) < 4.78 is 0. The van der Waals surface area contributed by atoms with Gasteiger partial charge in [-0.15, -0.1) is 0 Å². The predicted octanol–water partition coefficient (Wildman–Crippen LogP) is 1.85. The molecule has 2 nitrogen and oxygen atoms in total. The van der Waals surface area contributed by atoms with Crippen molar-refractivity contribution in [2.45, 2.75) is 6.42 Å². The largest absolute Gasteiger partial charge is 0.388 e. The van der Waals surface area contributed by atoms with Crippen LogP contribution in [0.4, 0.5) is 5.69 Å². The molecule has 0 radical (unpaired) electrons. The standard InChI is InChI=1S/C11H10N2/c1-13-11-6-5-8-3-2-4-10(12)9(11)7-8/h5-7,12-13H,4H2,1H3. The van der Waals surface area contributed by atoms with Crippen LogP contribution in [0.15, 0.2) is 18.2 Å². The third-order valence-corrected chi connectivity index (χ3v) is 2.11. The summed E-state index contributed by atoms with van der Waals surface area (Å²) >= 11 is 0. The maximum atomic E-state index is 7.76. The quantitative estimate of drug-likeness (QED) is 0.620. The first-order chi connectivity index (χ1) is 6.31. The highest BCUT2D eigenvalue weighted by atomic mass is 14.8. The summed E-state index contributed by atoms with van der Waals surface area (Å²) in [5.41, 5.74) is 3.55. The maximum Gasteiger partial charge on any atom is 0.0526 e. The van der Waals surface area contributed by atoms with Crippen molar-refractivity contribution in [3.63, 3.8) is 0 Å². The van der Waals surface area contributed by atoms with Gasteiger partial charge in [0, 0.05) is 23.9 Å². The number of rotatable bonds is 1. The number of anilines is 1. The van der Waals surface area contributed by atoms with Crippen LogP contribution >= 0.6 is 0 Å². The molecule has 0 fully saturated rings. The van der Waals surface area contributed by atoms with Gasteiger partial charge in [0.15, 0.2) is 0 Å². The monoisotopic (exact) mass is 170 g/mol. The summed E-state index contributed by atoms with van der Waals surface area (Å²) in [6.07, 6.45) is 0.544. The van der Waals surface area contributed by atoms with Crippen LogP contribution in [0, 0.1) is 17.3 Å². The third kappa shape index (κ3) is 1.29. The van der Waals surface area contributed by atoms with Crippen molar-refractivity contribution in [3.05, 3.63) is 29.3 Å². The van der Waals surface area contributed by atoms with Crippen molar-refractivity contribution in [3.8, 4) is 11.8 Å². The fourth-order valence-electron chi connectivity index (χ4n) is 1.42. The van der Waals surface area contributed by atoms with Gasteiger partial charge in [-0.3, -0.25) is 0 Å². The molecule has 1 aromatic carbocycles. The Balaban J connectivity index is 2.63. The number of nitrogens with one attached hydrogen (secondary N) is 2. The summed E-state index contributed by atoms with van der Waals surface area (Å²) in [5, 5.41) is 10.8. The average Bonchev–Trinajstić information content (AvgIpc) is 2.29. The van der Waals surface area contributed by atoms with Gasteiger partial charge in [0.05, 0.1) is 12.1 Å². The van der Waals surface area contributed by atoms with E-state index in [-0.39, 0.29) is 0 Å². The van der Waals surface area contributed by atoms with Crippen molar-refractivity contribution >= 4 is 11.4 Å². The predicted molar refractivity (Wildman–Crippen MR) is 54.3 cm³/mol. The van der Waals surface area contributed by atoms with Crippen molar-refractivity contribution in [1.82, 2.24) is 0 Å². The van der Waals surface area contributed by atoms with Gasteiger partial charge in [-0.1, -0.05) is 11.8 Å². The van der Waals surface area contributed by atoms with Gasteiger partial charge in [-0.2, -0.15) is 0 Å². The fourth-order valence-corrected chi connectivity index (χ4v) is 1.42. The molecule has 0 atom stereocenters. The van der Waals surface area contributed by atoms with Crippen molar-refractivity contribution in [1.29, 1.82) is 5.41 Å². The van der Waals surface area contributed by atoms with E-state index in [0.29, 0.717) is 12.1 Å². The van der Waals surface area contributed by atoms with E-state index < -0.39 is 0 Å². The van der Waals surface area contributed by atoms with Gasteiger partial charge in [-0.05, 0) is 18.2 Å². The molecule has 2 rings (SSSR count). The molecule has 13 heavy (non-hydrogen) atoms. The average molecular weight is 170 g/mol. The number of fused-ring (bicyclic) bond motifs is 2. The molecule has 1 aliphatic rings. The minimum Gasteiger partial charge on any atom is -0.388 e. The lowest BCUT2D eigenvalue weighted by Crippen LogP contribution is -2.02. The second-order valence-corrected chi connectivity index (χ2v) is 2.97. The van der Waals surface area contributed by atoms with Gasteiger partial charge >= 0.3 is 0 Å². The Kier molecular flexibility index (Phi) is 1.79. The molecule has 0 aliphatic heterocycles. The van der Waals surface area contributed by atoms with Gasteiger partial charge in [0.25, 0.3) is 0 Å². The Morgan fingerprint density at radius 3 is 3.08 bits per heavy atom. The fraction of sp³-hybridized carbons (Fsp3) is 0.182. The second kappa shape index (κ2) is 2.95. The van der Waals surface area contributed by atoms with Crippen molar-refractivity contribution < 1.29 is 0 Å². The number of hydrogen-bond acceptors (Lipinski definition) is 2. The van der Waals surface area contributed by atoms with E-state index >= 15 is 0 Å². The van der Waals surface area contributed by atoms with Gasteiger partial charge in [0.2, 0.25) is 0 Å². The highest BCUT2D eigenvalue weighted by molar-refractivity contribution is 6.05. The molecule has 1 aliphatic carbocycles. The van der Waals surface area contributed by atoms with Crippen LogP contribution in [0.2, 0.25) is 0 Å². The molecule has 64 valence electrons. The molecule has 2 heteroatoms. The van der Waals surface area contributed by atoms with Crippen molar-refractivity contribution in [2.24, 2.45) is 0 Å². The lowest BCUT2D eigenvalue weighted by Gasteiger charge is -2.07. The van der Waals surface area contributed by atoms with E-state index in [0.717, 1.165) is 16.8 Å². The van der Waals surface area contributed by atoms with Crippen LogP contribution in [0.5, 0.6) is 0 Å². The Labute approximate surface area is 77.5 Å². The van der Waals surface area contributed by atoms with Crippen LogP contribution in [-0.4, -0.2) is 12.8 Å². The normalized spacial score (nSPS) is 12.8. The molecule has 0 saturated carbocycles. The molecule has 0 aromatic heterocycles. The number of hydrogen-bond donors (Lipinski definition) is 2. The molecule has 1 aromatic rings. The lowest BCUT2D eigenvalue weighted by molar-refractivity contribution is 1.38. The van der Waals surface area contributed by atoms with E-state index in [1.165, 1.54) is 0 Å². The third-order valence-electron chi connectivity index (χ3n) is 2.11. The Morgan fingerprint density at radius 2 is 2.31 bits per heavy atom. The van der Waals surface area contributed by atoms with Crippen LogP contribution in [0.3, 0.4) is 0 Å². The first-order valence-corrected chi connectivity index (χ1v) is 4.20. The van der Waals surface area contributed by atoms with Gasteiger partial charge in [-0.25, -0.2) is 0 Å². The van der Waals surface area contributed by atoms with E-state index in [1.807, 2.05) is 25.2 Å². The van der Waals surface area contributed by atoms with Crippen LogP contribution < -0.4 is 5.32 Å². The van der Waals surface area contributed by atoms with Gasteiger partial charge in [0.1, 0.15) is 0 Å². The van der Waals surface area contributed by atoms with Crippen LogP contribution in [0.25, 0.3) is 0 Å².